The number of nitrogens with zero attached hydrogens (tertiary/aromatic N) is 2. The second-order valence-electron chi connectivity index (χ2n) is 7.00. The number of furan rings is 1. The van der Waals surface area contributed by atoms with E-state index in [1.165, 1.54) is 4.90 Å². The van der Waals surface area contributed by atoms with Crippen LogP contribution in [0.15, 0.2) is 59.0 Å². The molecular formula is C22H23N3O4. The average molecular weight is 393 g/mol. The number of fused-ring (bicyclic) bond motifs is 1. The third-order valence-corrected chi connectivity index (χ3v) is 4.89. The van der Waals surface area contributed by atoms with E-state index in [9.17, 15) is 9.59 Å². The second-order valence-corrected chi connectivity index (χ2v) is 7.00. The molecule has 1 aliphatic heterocycles. The molecule has 1 fully saturated rings. The largest absolute Gasteiger partial charge is 0.451 e. The summed E-state index contributed by atoms with van der Waals surface area (Å²) in [7, 11) is 1.58. The Morgan fingerprint density at radius 3 is 2.52 bits per heavy atom. The third kappa shape index (κ3) is 4.41. The quantitative estimate of drug-likeness (QED) is 0.721. The maximum absolute atomic E-state index is 12.6. The molecule has 1 aromatic heterocycles. The third-order valence-electron chi connectivity index (χ3n) is 4.89. The summed E-state index contributed by atoms with van der Waals surface area (Å²) in [5.41, 5.74) is 2.44. The molecule has 7 nitrogen and oxygen atoms in total. The predicted octanol–water partition coefficient (Wildman–Crippen LogP) is 2.98. The van der Waals surface area contributed by atoms with Crippen LogP contribution >= 0.6 is 0 Å². The number of nitrogens with one attached hydrogen (secondary N) is 1. The molecule has 0 aliphatic carbocycles. The summed E-state index contributed by atoms with van der Waals surface area (Å²) in [4.78, 5) is 28.5. The van der Waals surface area contributed by atoms with E-state index in [1.807, 2.05) is 42.5 Å². The molecule has 1 saturated heterocycles. The number of benzene rings is 2. The van der Waals surface area contributed by atoms with E-state index < -0.39 is 0 Å². The van der Waals surface area contributed by atoms with E-state index >= 15 is 0 Å². The number of likely N-dealkylation sites (N-methyl/N-ethyl adjacent to an activating group) is 1. The summed E-state index contributed by atoms with van der Waals surface area (Å²) in [6, 6.07) is 16.8. The molecule has 29 heavy (non-hydrogen) atoms. The molecule has 0 atom stereocenters. The molecule has 1 N–H and O–H groups in total. The minimum absolute atomic E-state index is 0.0684. The topological polar surface area (TPSA) is 75.0 Å². The van der Waals surface area contributed by atoms with Gasteiger partial charge in [0.15, 0.2) is 5.76 Å². The maximum Gasteiger partial charge on any atom is 0.289 e. The smallest absolute Gasteiger partial charge is 0.289 e. The van der Waals surface area contributed by atoms with E-state index in [-0.39, 0.29) is 24.1 Å². The van der Waals surface area contributed by atoms with Crippen molar-refractivity contribution < 1.29 is 18.7 Å². The van der Waals surface area contributed by atoms with Crippen LogP contribution in [0.1, 0.15) is 10.6 Å². The van der Waals surface area contributed by atoms with Gasteiger partial charge in [-0.2, -0.15) is 0 Å². The number of carbonyl (C=O) groups excluding carboxylic acids is 2. The molecule has 2 amide bonds. The summed E-state index contributed by atoms with van der Waals surface area (Å²) in [6.07, 6.45) is 0. The van der Waals surface area contributed by atoms with Crippen LogP contribution < -0.4 is 10.2 Å². The lowest BCUT2D eigenvalue weighted by Gasteiger charge is -2.28. The number of anilines is 2. The van der Waals surface area contributed by atoms with Crippen molar-refractivity contribution in [3.63, 3.8) is 0 Å². The summed E-state index contributed by atoms with van der Waals surface area (Å²) in [6.45, 7) is 3.11. The minimum atomic E-state index is -0.334. The first-order chi connectivity index (χ1) is 14.1. The lowest BCUT2D eigenvalue weighted by Crippen LogP contribution is -2.36. The first kappa shape index (κ1) is 19.0. The summed E-state index contributed by atoms with van der Waals surface area (Å²) in [5.74, 6) is -0.383. The van der Waals surface area contributed by atoms with Crippen molar-refractivity contribution in [2.75, 3.05) is 50.1 Å². The first-order valence-electron chi connectivity index (χ1n) is 9.57. The molecule has 2 aromatic carbocycles. The van der Waals surface area contributed by atoms with E-state index in [1.54, 1.807) is 19.2 Å². The zero-order chi connectivity index (χ0) is 20.2. The Bertz CT molecular complexity index is 973. The SMILES string of the molecule is CN(CC(=O)Nc1ccc(N2CCOCC2)cc1)C(=O)c1cc2ccccc2o1. The summed E-state index contributed by atoms with van der Waals surface area (Å²) >= 11 is 0. The molecular weight excluding hydrogens is 370 g/mol. The lowest BCUT2D eigenvalue weighted by atomic mass is 10.2. The number of hydrogen-bond acceptors (Lipinski definition) is 5. The molecule has 0 spiro atoms. The number of morpholine rings is 1. The van der Waals surface area contributed by atoms with E-state index in [0.29, 0.717) is 11.3 Å². The van der Waals surface area contributed by atoms with Crippen molar-refractivity contribution in [1.82, 2.24) is 4.90 Å². The molecule has 150 valence electrons. The van der Waals surface area contributed by atoms with Crippen LogP contribution in [0.3, 0.4) is 0 Å². The van der Waals surface area contributed by atoms with Gasteiger partial charge in [0, 0.05) is 36.9 Å². The van der Waals surface area contributed by atoms with E-state index in [4.69, 9.17) is 9.15 Å². The van der Waals surface area contributed by atoms with Gasteiger partial charge in [-0.15, -0.1) is 0 Å². The number of rotatable bonds is 5. The average Bonchev–Trinajstić information content (AvgIpc) is 3.18. The number of para-hydroxylation sites is 1. The van der Waals surface area contributed by atoms with Gasteiger partial charge in [-0.25, -0.2) is 0 Å². The molecule has 2 heterocycles. The molecule has 1 aliphatic rings. The Morgan fingerprint density at radius 1 is 1.07 bits per heavy atom. The van der Waals surface area contributed by atoms with Crippen LogP contribution in [-0.4, -0.2) is 56.6 Å². The van der Waals surface area contributed by atoms with Gasteiger partial charge in [0.05, 0.1) is 19.8 Å². The van der Waals surface area contributed by atoms with Crippen molar-refractivity contribution in [2.45, 2.75) is 0 Å². The van der Waals surface area contributed by atoms with E-state index in [0.717, 1.165) is 37.4 Å². The number of amides is 2. The Balaban J connectivity index is 1.34. The molecule has 0 unspecified atom stereocenters. The fourth-order valence-corrected chi connectivity index (χ4v) is 3.34. The zero-order valence-corrected chi connectivity index (χ0v) is 16.3. The zero-order valence-electron chi connectivity index (χ0n) is 16.3. The van der Waals surface area contributed by atoms with Crippen molar-refractivity contribution in [1.29, 1.82) is 0 Å². The number of hydrogen-bond donors (Lipinski definition) is 1. The highest BCUT2D eigenvalue weighted by atomic mass is 16.5. The van der Waals surface area contributed by atoms with Crippen LogP contribution in [0.25, 0.3) is 11.0 Å². The van der Waals surface area contributed by atoms with Crippen LogP contribution in [0.2, 0.25) is 0 Å². The fraction of sp³-hybridized carbons (Fsp3) is 0.273. The van der Waals surface area contributed by atoms with Gasteiger partial charge in [-0.1, -0.05) is 18.2 Å². The Kier molecular flexibility index (Phi) is 5.48. The van der Waals surface area contributed by atoms with Gasteiger partial charge in [0.25, 0.3) is 5.91 Å². The Morgan fingerprint density at radius 2 is 1.79 bits per heavy atom. The Hall–Kier alpha value is -3.32. The standard InChI is InChI=1S/C22H23N3O4/c1-24(22(27)20-14-16-4-2-3-5-19(16)29-20)15-21(26)23-17-6-8-18(9-7-17)25-10-12-28-13-11-25/h2-9,14H,10-13,15H2,1H3,(H,23,26). The monoisotopic (exact) mass is 393 g/mol. The highest BCUT2D eigenvalue weighted by molar-refractivity contribution is 6.00. The van der Waals surface area contributed by atoms with Crippen LogP contribution in [0.5, 0.6) is 0 Å². The van der Waals surface area contributed by atoms with Crippen molar-refractivity contribution in [3.05, 3.63) is 60.4 Å². The van der Waals surface area contributed by atoms with Crippen LogP contribution in [0, 0.1) is 0 Å². The highest BCUT2D eigenvalue weighted by Crippen LogP contribution is 2.21. The van der Waals surface area contributed by atoms with Gasteiger partial charge in [-0.3, -0.25) is 9.59 Å². The van der Waals surface area contributed by atoms with Gasteiger partial charge in [0.1, 0.15) is 5.58 Å². The van der Waals surface area contributed by atoms with Crippen molar-refractivity contribution in [3.8, 4) is 0 Å². The van der Waals surface area contributed by atoms with Crippen LogP contribution in [0.4, 0.5) is 11.4 Å². The molecule has 0 radical (unpaired) electrons. The van der Waals surface area contributed by atoms with Crippen molar-refractivity contribution in [2.24, 2.45) is 0 Å². The van der Waals surface area contributed by atoms with Crippen molar-refractivity contribution >= 4 is 34.2 Å². The normalized spacial score (nSPS) is 14.0. The van der Waals surface area contributed by atoms with E-state index in [2.05, 4.69) is 10.2 Å². The van der Waals surface area contributed by atoms with Gasteiger partial charge in [-0.05, 0) is 36.4 Å². The van der Waals surface area contributed by atoms with Gasteiger partial charge >= 0.3 is 0 Å². The number of ether oxygens (including phenoxy) is 1. The fourth-order valence-electron chi connectivity index (χ4n) is 3.34. The minimum Gasteiger partial charge on any atom is -0.451 e. The number of carbonyl (C=O) groups is 2. The summed E-state index contributed by atoms with van der Waals surface area (Å²) < 4.78 is 11.0. The Labute approximate surface area is 168 Å². The first-order valence-corrected chi connectivity index (χ1v) is 9.57. The maximum atomic E-state index is 12.6. The van der Waals surface area contributed by atoms with Gasteiger partial charge < -0.3 is 24.3 Å². The molecule has 0 bridgehead atoms. The lowest BCUT2D eigenvalue weighted by molar-refractivity contribution is -0.116. The van der Waals surface area contributed by atoms with Gasteiger partial charge in [0.2, 0.25) is 5.91 Å². The second kappa shape index (κ2) is 8.36. The predicted molar refractivity (Wildman–Crippen MR) is 111 cm³/mol. The van der Waals surface area contributed by atoms with Crippen LogP contribution in [-0.2, 0) is 9.53 Å². The molecule has 0 saturated carbocycles. The summed E-state index contributed by atoms with van der Waals surface area (Å²) in [5, 5.41) is 3.68. The highest BCUT2D eigenvalue weighted by Gasteiger charge is 2.19. The molecule has 4 rings (SSSR count). The molecule has 7 heteroatoms. The molecule has 3 aromatic rings.